The van der Waals surface area contributed by atoms with Gasteiger partial charge >= 0.3 is 0 Å². The van der Waals surface area contributed by atoms with Crippen molar-refractivity contribution in [1.82, 2.24) is 0 Å². The Morgan fingerprint density at radius 3 is 2.60 bits per heavy atom. The fourth-order valence-electron chi connectivity index (χ4n) is 1.02. The van der Waals surface area contributed by atoms with E-state index in [2.05, 4.69) is 47.7 Å². The van der Waals surface area contributed by atoms with Crippen molar-refractivity contribution in [3.63, 3.8) is 0 Å². The van der Waals surface area contributed by atoms with Crippen LogP contribution in [0.3, 0.4) is 0 Å². The molecular weight excluding hydrogens is 248 g/mol. The summed E-state index contributed by atoms with van der Waals surface area (Å²) < 4.78 is 1.12. The van der Waals surface area contributed by atoms with Gasteiger partial charge in [0.2, 0.25) is 0 Å². The minimum atomic E-state index is 1.00. The Bertz CT molecular complexity index is 290. The Morgan fingerprint density at radius 1 is 1.33 bits per heavy atom. The molecule has 82 valence electrons. The summed E-state index contributed by atoms with van der Waals surface area (Å²) in [7, 11) is 0. The first-order valence-electron chi connectivity index (χ1n) is 5.20. The molecule has 0 heterocycles. The molecule has 0 radical (unpaired) electrons. The van der Waals surface area contributed by atoms with Crippen LogP contribution in [0.4, 0.5) is 0 Å². The first-order chi connectivity index (χ1) is 7.24. The van der Waals surface area contributed by atoms with E-state index in [4.69, 9.17) is 0 Å². The van der Waals surface area contributed by atoms with Crippen LogP contribution in [-0.2, 0) is 0 Å². The largest absolute Gasteiger partial charge is 0.0991 e. The summed E-state index contributed by atoms with van der Waals surface area (Å²) in [6.45, 7) is 7.82. The van der Waals surface area contributed by atoms with Crippen LogP contribution in [-0.4, -0.2) is 0 Å². The van der Waals surface area contributed by atoms with Crippen molar-refractivity contribution in [2.24, 2.45) is 0 Å². The average Bonchev–Trinajstić information content (AvgIpc) is 2.26. The monoisotopic (exact) mass is 266 g/mol. The normalized spacial score (nSPS) is 14.1. The highest BCUT2D eigenvalue weighted by Gasteiger charge is 1.88. The van der Waals surface area contributed by atoms with Crippen molar-refractivity contribution >= 4 is 15.9 Å². The van der Waals surface area contributed by atoms with Gasteiger partial charge in [0.25, 0.3) is 0 Å². The van der Waals surface area contributed by atoms with Crippen LogP contribution in [0, 0.1) is 0 Å². The predicted octanol–water partition coefficient (Wildman–Crippen LogP) is 5.31. The minimum Gasteiger partial charge on any atom is -0.0991 e. The molecule has 1 heteroatoms. The Morgan fingerprint density at radius 2 is 2.07 bits per heavy atom. The molecule has 0 aliphatic rings. The highest BCUT2D eigenvalue weighted by atomic mass is 79.9. The molecule has 0 aliphatic heterocycles. The lowest BCUT2D eigenvalue weighted by molar-refractivity contribution is 1.03. The summed E-state index contributed by atoms with van der Waals surface area (Å²) >= 11 is 3.44. The topological polar surface area (TPSA) is 0 Å². The summed E-state index contributed by atoms with van der Waals surface area (Å²) in [4.78, 5) is 0. The van der Waals surface area contributed by atoms with Crippen LogP contribution in [0.5, 0.6) is 0 Å². The van der Waals surface area contributed by atoms with Crippen LogP contribution in [0.25, 0.3) is 0 Å². The van der Waals surface area contributed by atoms with E-state index >= 15 is 0 Å². The maximum absolute atomic E-state index is 3.64. The van der Waals surface area contributed by atoms with E-state index in [1.807, 2.05) is 25.2 Å². The highest BCUT2D eigenvalue weighted by molar-refractivity contribution is 9.11. The molecule has 0 nitrogen and oxygen atoms in total. The van der Waals surface area contributed by atoms with Gasteiger partial charge < -0.3 is 0 Å². The Hall–Kier alpha value is -0.820. The van der Waals surface area contributed by atoms with Gasteiger partial charge in [-0.25, -0.2) is 0 Å². The number of rotatable bonds is 6. The van der Waals surface area contributed by atoms with Gasteiger partial charge in [0.1, 0.15) is 0 Å². The maximum Gasteiger partial charge on any atom is 0.0129 e. The number of allylic oxidation sites excluding steroid dienone is 9. The molecule has 0 fully saturated rings. The number of hydrogen-bond donors (Lipinski definition) is 0. The third-order valence-electron chi connectivity index (χ3n) is 1.97. The Kier molecular flexibility index (Phi) is 9.19. The maximum atomic E-state index is 3.64. The molecule has 15 heavy (non-hydrogen) atoms. The van der Waals surface area contributed by atoms with E-state index in [0.717, 1.165) is 17.3 Å². The molecule has 0 spiro atoms. The quantitative estimate of drug-likeness (QED) is 0.572. The van der Waals surface area contributed by atoms with Crippen LogP contribution < -0.4 is 0 Å². The van der Waals surface area contributed by atoms with E-state index in [-0.39, 0.29) is 0 Å². The second-order valence-electron chi connectivity index (χ2n) is 3.08. The van der Waals surface area contributed by atoms with Gasteiger partial charge in [-0.2, -0.15) is 0 Å². The van der Waals surface area contributed by atoms with Gasteiger partial charge in [0.15, 0.2) is 0 Å². The van der Waals surface area contributed by atoms with Crippen LogP contribution in [0.2, 0.25) is 0 Å². The van der Waals surface area contributed by atoms with Gasteiger partial charge in [-0.15, -0.1) is 0 Å². The summed E-state index contributed by atoms with van der Waals surface area (Å²) in [6, 6.07) is 0. The SMILES string of the molecule is C=C/C=C\C=C(/CC)C/C=C\C(Br)=C/C. The van der Waals surface area contributed by atoms with Crippen molar-refractivity contribution in [2.75, 3.05) is 0 Å². The van der Waals surface area contributed by atoms with E-state index in [0.29, 0.717) is 0 Å². The zero-order chi connectivity index (χ0) is 11.5. The fourth-order valence-corrected chi connectivity index (χ4v) is 1.21. The number of halogens is 1. The summed E-state index contributed by atoms with van der Waals surface area (Å²) in [6.07, 6.45) is 16.3. The third-order valence-corrected chi connectivity index (χ3v) is 2.69. The molecule has 0 aromatic carbocycles. The molecule has 0 aliphatic carbocycles. The van der Waals surface area contributed by atoms with Crippen LogP contribution >= 0.6 is 15.9 Å². The molecule has 0 N–H and O–H groups in total. The lowest BCUT2D eigenvalue weighted by atomic mass is 10.1. The van der Waals surface area contributed by atoms with Gasteiger partial charge in [0.05, 0.1) is 0 Å². The highest BCUT2D eigenvalue weighted by Crippen LogP contribution is 2.11. The van der Waals surface area contributed by atoms with Crippen molar-refractivity contribution in [3.05, 3.63) is 59.2 Å². The summed E-state index contributed by atoms with van der Waals surface area (Å²) in [5.74, 6) is 0. The lowest BCUT2D eigenvalue weighted by Gasteiger charge is -1.97. The third kappa shape index (κ3) is 8.19. The van der Waals surface area contributed by atoms with E-state index in [1.165, 1.54) is 5.57 Å². The predicted molar refractivity (Wildman–Crippen MR) is 74.2 cm³/mol. The molecule has 0 saturated heterocycles. The zero-order valence-corrected chi connectivity index (χ0v) is 11.1. The standard InChI is InChI=1S/C14H19Br/c1-4-7-8-10-13(5-2)11-9-12-14(15)6-3/h4,6-10,12H,1,5,11H2,2-3H3/b8-7-,12-9-,13-10+,14-6+. The molecular formula is C14H19Br. The van der Waals surface area contributed by atoms with E-state index in [9.17, 15) is 0 Å². The van der Waals surface area contributed by atoms with Gasteiger partial charge in [-0.3, -0.25) is 0 Å². The summed E-state index contributed by atoms with van der Waals surface area (Å²) in [5.41, 5.74) is 1.42. The molecule has 0 unspecified atom stereocenters. The van der Waals surface area contributed by atoms with Crippen molar-refractivity contribution in [2.45, 2.75) is 26.7 Å². The van der Waals surface area contributed by atoms with Crippen LogP contribution in [0.15, 0.2) is 59.2 Å². The van der Waals surface area contributed by atoms with Crippen molar-refractivity contribution in [3.8, 4) is 0 Å². The molecule has 0 bridgehead atoms. The van der Waals surface area contributed by atoms with Gasteiger partial charge in [-0.1, -0.05) is 77.5 Å². The van der Waals surface area contributed by atoms with Crippen molar-refractivity contribution in [1.29, 1.82) is 0 Å². The first kappa shape index (κ1) is 14.2. The second kappa shape index (κ2) is 9.72. The smallest absolute Gasteiger partial charge is 0.0129 e. The molecule has 0 aromatic heterocycles. The number of hydrogen-bond acceptors (Lipinski definition) is 0. The molecule has 0 rings (SSSR count). The lowest BCUT2D eigenvalue weighted by Crippen LogP contribution is -1.77. The first-order valence-corrected chi connectivity index (χ1v) is 5.99. The fraction of sp³-hybridized carbons (Fsp3) is 0.286. The van der Waals surface area contributed by atoms with E-state index in [1.54, 1.807) is 6.08 Å². The zero-order valence-electron chi connectivity index (χ0n) is 9.54. The Labute approximate surface area is 102 Å². The molecule has 0 saturated carbocycles. The molecule has 0 aromatic rings. The van der Waals surface area contributed by atoms with Crippen molar-refractivity contribution < 1.29 is 0 Å². The second-order valence-corrected chi connectivity index (χ2v) is 3.99. The minimum absolute atomic E-state index is 1.00. The molecule has 0 amide bonds. The summed E-state index contributed by atoms with van der Waals surface area (Å²) in [5, 5.41) is 0. The van der Waals surface area contributed by atoms with E-state index < -0.39 is 0 Å². The Balaban J connectivity index is 4.22. The van der Waals surface area contributed by atoms with Crippen LogP contribution in [0.1, 0.15) is 26.7 Å². The van der Waals surface area contributed by atoms with Gasteiger partial charge in [0, 0.05) is 4.48 Å². The molecule has 0 atom stereocenters. The average molecular weight is 267 g/mol. The van der Waals surface area contributed by atoms with Gasteiger partial charge in [-0.05, 0) is 19.8 Å².